The summed E-state index contributed by atoms with van der Waals surface area (Å²) >= 11 is 1.06. The number of thiophene rings is 1. The summed E-state index contributed by atoms with van der Waals surface area (Å²) < 4.78 is 32.7. The summed E-state index contributed by atoms with van der Waals surface area (Å²) in [6.07, 6.45) is 0. The van der Waals surface area contributed by atoms with Crippen LogP contribution in [0.5, 0.6) is 5.75 Å². The molecule has 2 heterocycles. The van der Waals surface area contributed by atoms with Crippen molar-refractivity contribution in [1.29, 1.82) is 0 Å². The molecule has 24 heavy (non-hydrogen) atoms. The van der Waals surface area contributed by atoms with Crippen LogP contribution in [0.15, 0.2) is 57.5 Å². The van der Waals surface area contributed by atoms with E-state index in [1.54, 1.807) is 30.3 Å². The molecule has 0 amide bonds. The monoisotopic (exact) mass is 363 g/mol. The van der Waals surface area contributed by atoms with Crippen LogP contribution in [0.2, 0.25) is 0 Å². The molecule has 3 aromatic rings. The number of hydrogen-bond acceptors (Lipinski definition) is 6. The number of nitrogens with one attached hydrogen (secondary N) is 2. The first-order valence-electron chi connectivity index (χ1n) is 6.81. The largest absolute Gasteiger partial charge is 0.497 e. The number of ether oxygens (including phenoxy) is 1. The molecule has 0 spiro atoms. The summed E-state index contributed by atoms with van der Waals surface area (Å²) in [4.78, 5) is 11.7. The number of methoxy groups -OCH3 is 1. The van der Waals surface area contributed by atoms with Gasteiger partial charge in [0.25, 0.3) is 15.6 Å². The number of aromatic nitrogens is 2. The summed E-state index contributed by atoms with van der Waals surface area (Å²) in [5, 5.41) is 6.21. The van der Waals surface area contributed by atoms with Crippen molar-refractivity contribution >= 4 is 27.0 Å². The summed E-state index contributed by atoms with van der Waals surface area (Å²) in [6, 6.07) is 12.7. The minimum absolute atomic E-state index is 0.147. The lowest BCUT2D eigenvalue weighted by molar-refractivity contribution is 0.415. The SMILES string of the molecule is COc1cccc(NS(=O)(=O)c2ccc(-c3ccc(=O)[nH]n3)s2)c1. The molecule has 0 fully saturated rings. The van der Waals surface area contributed by atoms with Crippen molar-refractivity contribution in [2.75, 3.05) is 11.8 Å². The molecule has 2 aromatic heterocycles. The summed E-state index contributed by atoms with van der Waals surface area (Å²) in [5.41, 5.74) is 0.594. The van der Waals surface area contributed by atoms with Crippen LogP contribution in [-0.4, -0.2) is 25.7 Å². The van der Waals surface area contributed by atoms with Crippen LogP contribution >= 0.6 is 11.3 Å². The zero-order chi connectivity index (χ0) is 17.2. The van der Waals surface area contributed by atoms with Gasteiger partial charge in [-0.05, 0) is 30.3 Å². The maximum Gasteiger partial charge on any atom is 0.271 e. The number of H-pyrrole nitrogens is 1. The Bertz CT molecular complexity index is 1000. The normalized spacial score (nSPS) is 11.2. The van der Waals surface area contributed by atoms with E-state index in [0.717, 1.165) is 11.3 Å². The van der Waals surface area contributed by atoms with Crippen LogP contribution in [0.4, 0.5) is 5.69 Å². The van der Waals surface area contributed by atoms with Gasteiger partial charge in [0.15, 0.2) is 0 Å². The number of aromatic amines is 1. The lowest BCUT2D eigenvalue weighted by Crippen LogP contribution is -2.11. The van der Waals surface area contributed by atoms with Gasteiger partial charge in [0.1, 0.15) is 15.7 Å². The van der Waals surface area contributed by atoms with E-state index in [1.807, 2.05) is 0 Å². The average Bonchev–Trinajstić information content (AvgIpc) is 3.06. The van der Waals surface area contributed by atoms with E-state index in [0.29, 0.717) is 22.0 Å². The Hall–Kier alpha value is -2.65. The van der Waals surface area contributed by atoms with Gasteiger partial charge in [0.2, 0.25) is 0 Å². The number of hydrogen-bond donors (Lipinski definition) is 2. The van der Waals surface area contributed by atoms with Gasteiger partial charge in [-0.2, -0.15) is 5.10 Å². The Kier molecular flexibility index (Phi) is 4.36. The second-order valence-electron chi connectivity index (χ2n) is 4.76. The number of sulfonamides is 1. The minimum Gasteiger partial charge on any atom is -0.497 e. The van der Waals surface area contributed by atoms with Crippen molar-refractivity contribution in [3.63, 3.8) is 0 Å². The van der Waals surface area contributed by atoms with Crippen LogP contribution in [-0.2, 0) is 10.0 Å². The molecule has 7 nitrogen and oxygen atoms in total. The molecule has 0 unspecified atom stereocenters. The zero-order valence-corrected chi connectivity index (χ0v) is 14.1. The molecule has 0 aliphatic rings. The highest BCUT2D eigenvalue weighted by Gasteiger charge is 2.18. The van der Waals surface area contributed by atoms with Crippen molar-refractivity contribution in [1.82, 2.24) is 10.2 Å². The first-order chi connectivity index (χ1) is 11.5. The highest BCUT2D eigenvalue weighted by molar-refractivity contribution is 7.94. The third-order valence-electron chi connectivity index (χ3n) is 3.10. The topological polar surface area (TPSA) is 101 Å². The standard InChI is InChI=1S/C15H13N3O4S2/c1-22-11-4-2-3-10(9-11)18-24(20,21)15-8-6-13(23-15)12-5-7-14(19)17-16-12/h2-9,18H,1H3,(H,17,19). The Morgan fingerprint density at radius 2 is 2.00 bits per heavy atom. The van der Waals surface area contributed by atoms with E-state index in [1.165, 1.54) is 25.3 Å². The Labute approximate surface area is 142 Å². The zero-order valence-electron chi connectivity index (χ0n) is 12.5. The third-order valence-corrected chi connectivity index (χ3v) is 6.08. The molecule has 2 N–H and O–H groups in total. The minimum atomic E-state index is -3.72. The summed E-state index contributed by atoms with van der Waals surface area (Å²) in [5.74, 6) is 0.555. The third kappa shape index (κ3) is 3.47. The van der Waals surface area contributed by atoms with Gasteiger partial charge in [0, 0.05) is 12.1 Å². The predicted molar refractivity (Wildman–Crippen MR) is 92.0 cm³/mol. The highest BCUT2D eigenvalue weighted by Crippen LogP contribution is 2.30. The van der Waals surface area contributed by atoms with Crippen LogP contribution in [0.3, 0.4) is 0 Å². The fourth-order valence-electron chi connectivity index (χ4n) is 1.98. The number of nitrogens with zero attached hydrogens (tertiary/aromatic N) is 1. The van der Waals surface area contributed by atoms with Gasteiger partial charge in [0.05, 0.1) is 17.7 Å². The van der Waals surface area contributed by atoms with Gasteiger partial charge in [-0.1, -0.05) is 6.07 Å². The van der Waals surface area contributed by atoms with Gasteiger partial charge in [-0.3, -0.25) is 9.52 Å². The fourth-order valence-corrected chi connectivity index (χ4v) is 4.30. The van der Waals surface area contributed by atoms with Gasteiger partial charge < -0.3 is 4.74 Å². The molecule has 0 aliphatic heterocycles. The molecule has 9 heteroatoms. The fraction of sp³-hybridized carbons (Fsp3) is 0.0667. The van der Waals surface area contributed by atoms with E-state index in [2.05, 4.69) is 14.9 Å². The lowest BCUT2D eigenvalue weighted by Gasteiger charge is -2.07. The van der Waals surface area contributed by atoms with Gasteiger partial charge in [-0.25, -0.2) is 13.5 Å². The van der Waals surface area contributed by atoms with Crippen molar-refractivity contribution in [3.05, 3.63) is 58.9 Å². The van der Waals surface area contributed by atoms with E-state index in [9.17, 15) is 13.2 Å². The van der Waals surface area contributed by atoms with Gasteiger partial charge in [-0.15, -0.1) is 11.3 Å². The van der Waals surface area contributed by atoms with Gasteiger partial charge >= 0.3 is 0 Å². The predicted octanol–water partition coefficient (Wildman–Crippen LogP) is 2.31. The molecular weight excluding hydrogens is 350 g/mol. The van der Waals surface area contributed by atoms with E-state index in [4.69, 9.17) is 4.74 Å². The van der Waals surface area contributed by atoms with Crippen LogP contribution in [0.25, 0.3) is 10.6 Å². The van der Waals surface area contributed by atoms with Crippen LogP contribution in [0, 0.1) is 0 Å². The quantitative estimate of drug-likeness (QED) is 0.724. The number of anilines is 1. The molecule has 0 aliphatic carbocycles. The summed E-state index contributed by atoms with van der Waals surface area (Å²) in [7, 11) is -2.21. The number of benzene rings is 1. The first-order valence-corrected chi connectivity index (χ1v) is 9.11. The second kappa shape index (κ2) is 6.46. The maximum atomic E-state index is 12.5. The summed E-state index contributed by atoms with van der Waals surface area (Å²) in [6.45, 7) is 0. The van der Waals surface area contributed by atoms with E-state index < -0.39 is 10.0 Å². The molecule has 0 atom stereocenters. The first kappa shape index (κ1) is 16.2. The smallest absolute Gasteiger partial charge is 0.271 e. The van der Waals surface area contributed by atoms with Crippen molar-refractivity contribution in [2.45, 2.75) is 4.21 Å². The molecule has 0 saturated carbocycles. The van der Waals surface area contributed by atoms with Crippen LogP contribution in [0.1, 0.15) is 0 Å². The van der Waals surface area contributed by atoms with E-state index >= 15 is 0 Å². The molecule has 1 aromatic carbocycles. The second-order valence-corrected chi connectivity index (χ2v) is 7.76. The molecule has 3 rings (SSSR count). The van der Waals surface area contributed by atoms with Crippen LogP contribution < -0.4 is 15.0 Å². The molecule has 0 saturated heterocycles. The molecule has 0 bridgehead atoms. The lowest BCUT2D eigenvalue weighted by atomic mass is 10.3. The molecule has 0 radical (unpaired) electrons. The maximum absolute atomic E-state index is 12.5. The van der Waals surface area contributed by atoms with Crippen molar-refractivity contribution < 1.29 is 13.2 Å². The van der Waals surface area contributed by atoms with E-state index in [-0.39, 0.29) is 9.77 Å². The molecular formula is C15H13N3O4S2. The Balaban J connectivity index is 1.87. The highest BCUT2D eigenvalue weighted by atomic mass is 32.2. The Morgan fingerprint density at radius 1 is 1.17 bits per heavy atom. The average molecular weight is 363 g/mol. The van der Waals surface area contributed by atoms with Crippen molar-refractivity contribution in [3.8, 4) is 16.3 Å². The number of rotatable bonds is 5. The van der Waals surface area contributed by atoms with Crippen molar-refractivity contribution in [2.24, 2.45) is 0 Å². The molecule has 124 valence electrons. The Morgan fingerprint density at radius 3 is 2.71 bits per heavy atom.